The van der Waals surface area contributed by atoms with Crippen LogP contribution in [0.3, 0.4) is 0 Å². The molecule has 1 unspecified atom stereocenters. The molecule has 4 aliphatic heterocycles. The number of amidine groups is 1. The first kappa shape index (κ1) is 51.2. The maximum Gasteiger partial charge on any atom is 0.316 e. The highest BCUT2D eigenvalue weighted by molar-refractivity contribution is 6.36. The number of amides is 3. The van der Waals surface area contributed by atoms with Gasteiger partial charge in [0, 0.05) is 126 Å². The minimum Gasteiger partial charge on any atom is -0.463 e. The number of nitrogens with one attached hydrogen (secondary N) is 2. The van der Waals surface area contributed by atoms with Gasteiger partial charge in [-0.25, -0.2) is 4.99 Å². The summed E-state index contributed by atoms with van der Waals surface area (Å²) in [4.78, 5) is 72.5. The van der Waals surface area contributed by atoms with Crippen LogP contribution < -0.4 is 20.4 Å². The third kappa shape index (κ3) is 12.8. The van der Waals surface area contributed by atoms with Crippen LogP contribution in [0.15, 0.2) is 75.9 Å². The Morgan fingerprint density at radius 2 is 1.73 bits per heavy atom. The van der Waals surface area contributed by atoms with Crippen molar-refractivity contribution in [3.63, 3.8) is 0 Å². The predicted octanol–water partition coefficient (Wildman–Crippen LogP) is 6.24. The Morgan fingerprint density at radius 1 is 0.971 bits per heavy atom. The van der Waals surface area contributed by atoms with E-state index < -0.39 is 6.04 Å². The summed E-state index contributed by atoms with van der Waals surface area (Å²) in [6, 6.07) is 18.3. The van der Waals surface area contributed by atoms with Crippen molar-refractivity contribution < 1.29 is 23.9 Å². The number of likely N-dealkylation sites (N-methyl/N-ethyl adjacent to an activating group) is 2. The van der Waals surface area contributed by atoms with Crippen LogP contribution in [-0.4, -0.2) is 168 Å². The number of ether oxygens (including phenoxy) is 1. The van der Waals surface area contributed by atoms with E-state index in [1.807, 2.05) is 55.1 Å². The number of rotatable bonds is 20. The number of anilines is 2. The Bertz CT molecular complexity index is 2420. The molecule has 3 aromatic rings. The van der Waals surface area contributed by atoms with Crippen LogP contribution >= 0.6 is 11.6 Å². The van der Waals surface area contributed by atoms with E-state index in [2.05, 4.69) is 72.3 Å². The predicted molar refractivity (Wildman–Crippen MR) is 280 cm³/mol. The van der Waals surface area contributed by atoms with Crippen molar-refractivity contribution in [1.82, 2.24) is 30.2 Å². The number of piperidine rings is 2. The van der Waals surface area contributed by atoms with Crippen molar-refractivity contribution in [3.05, 3.63) is 82.0 Å². The van der Waals surface area contributed by atoms with Crippen molar-refractivity contribution >= 4 is 70.5 Å². The number of fused-ring (bicyclic) bond motifs is 1. The van der Waals surface area contributed by atoms with E-state index >= 15 is 0 Å². The molecule has 0 radical (unpaired) electrons. The number of aldehydes is 1. The number of carbonyl (C=O) groups is 4. The lowest BCUT2D eigenvalue weighted by atomic mass is 9.95. The quantitative estimate of drug-likeness (QED) is 0.0575. The highest BCUT2D eigenvalue weighted by Gasteiger charge is 2.45. The number of carbonyl (C=O) groups excluding carboxylic acids is 4. The highest BCUT2D eigenvalue weighted by atomic mass is 35.5. The van der Waals surface area contributed by atoms with Gasteiger partial charge in [-0.15, -0.1) is 0 Å². The van der Waals surface area contributed by atoms with Crippen LogP contribution in [-0.2, 0) is 25.7 Å². The number of halogens is 1. The first-order valence-corrected chi connectivity index (χ1v) is 25.9. The number of benzene rings is 3. The van der Waals surface area contributed by atoms with Crippen molar-refractivity contribution in [2.75, 3.05) is 116 Å². The van der Waals surface area contributed by atoms with Gasteiger partial charge in [-0.3, -0.25) is 29.4 Å². The Labute approximate surface area is 419 Å². The van der Waals surface area contributed by atoms with Crippen LogP contribution in [0.2, 0.25) is 5.02 Å². The lowest BCUT2D eigenvalue weighted by molar-refractivity contribution is -0.137. The zero-order valence-electron chi connectivity index (χ0n) is 41.6. The first-order valence-electron chi connectivity index (χ1n) is 25.5. The number of nitrogens with zero attached hydrogens (tertiary/aromatic N) is 8. The van der Waals surface area contributed by atoms with Gasteiger partial charge in [0.2, 0.25) is 17.7 Å². The van der Waals surface area contributed by atoms with Crippen molar-refractivity contribution in [2.24, 2.45) is 21.3 Å². The summed E-state index contributed by atoms with van der Waals surface area (Å²) in [5, 5.41) is 8.49. The summed E-state index contributed by atoms with van der Waals surface area (Å²) in [7, 11) is 3.79. The molecule has 1 atom stereocenters. The monoisotopic (exact) mass is 977 g/mol. The van der Waals surface area contributed by atoms with Crippen LogP contribution in [0.4, 0.5) is 11.4 Å². The molecule has 376 valence electrons. The highest BCUT2D eigenvalue weighted by Crippen LogP contribution is 2.47. The second-order valence-electron chi connectivity index (χ2n) is 20.2. The van der Waals surface area contributed by atoms with E-state index in [1.165, 1.54) is 5.57 Å². The molecule has 0 aromatic heterocycles. The van der Waals surface area contributed by atoms with Crippen LogP contribution in [0.25, 0.3) is 10.8 Å². The Kier molecular flexibility index (Phi) is 17.4. The normalized spacial score (nSPS) is 20.5. The molecule has 3 amide bonds. The molecule has 4 fully saturated rings. The number of hydrogen-bond acceptors (Lipinski definition) is 12. The molecule has 8 rings (SSSR count). The zero-order valence-corrected chi connectivity index (χ0v) is 42.4. The minimum absolute atomic E-state index is 0.0778. The summed E-state index contributed by atoms with van der Waals surface area (Å²) in [6.45, 7) is 18.5. The maximum atomic E-state index is 12.9. The van der Waals surface area contributed by atoms with E-state index in [0.717, 1.165) is 149 Å². The molecule has 16 heteroatoms. The zero-order chi connectivity index (χ0) is 49.2. The second kappa shape index (κ2) is 23.8. The van der Waals surface area contributed by atoms with Gasteiger partial charge in [-0.05, 0) is 119 Å². The Hall–Kier alpha value is -5.19. The van der Waals surface area contributed by atoms with E-state index in [-0.39, 0.29) is 23.1 Å². The molecular weight excluding hydrogens is 904 g/mol. The average Bonchev–Trinajstić information content (AvgIpc) is 4.14. The fourth-order valence-electron chi connectivity index (χ4n) is 10.9. The van der Waals surface area contributed by atoms with E-state index in [4.69, 9.17) is 21.3 Å². The lowest BCUT2D eigenvalue weighted by Gasteiger charge is -2.40. The second-order valence-corrected chi connectivity index (χ2v) is 20.6. The summed E-state index contributed by atoms with van der Waals surface area (Å²) in [5.41, 5.74) is 5.91. The molecule has 1 saturated carbocycles. The van der Waals surface area contributed by atoms with Crippen LogP contribution in [0.1, 0.15) is 80.6 Å². The summed E-state index contributed by atoms with van der Waals surface area (Å²) in [6.07, 6.45) is 8.15. The average molecular weight is 978 g/mol. The smallest absolute Gasteiger partial charge is 0.316 e. The molecule has 15 nitrogen and oxygen atoms in total. The Morgan fingerprint density at radius 3 is 2.43 bits per heavy atom. The van der Waals surface area contributed by atoms with Crippen molar-refractivity contribution in [1.29, 1.82) is 0 Å². The van der Waals surface area contributed by atoms with Gasteiger partial charge in [-0.1, -0.05) is 42.8 Å². The maximum absolute atomic E-state index is 12.9. The number of piperazine rings is 1. The molecule has 5 aliphatic rings. The van der Waals surface area contributed by atoms with Gasteiger partial charge in [-0.2, -0.15) is 4.99 Å². The molecule has 3 aromatic carbocycles. The van der Waals surface area contributed by atoms with Gasteiger partial charge >= 0.3 is 6.02 Å². The summed E-state index contributed by atoms with van der Waals surface area (Å²) >= 11 is 6.81. The molecule has 70 heavy (non-hydrogen) atoms. The molecule has 0 spiro atoms. The summed E-state index contributed by atoms with van der Waals surface area (Å²) in [5.74, 6) is 0.288. The fraction of sp³-hybridized carbons (Fsp3) is 0.556. The van der Waals surface area contributed by atoms with Crippen LogP contribution in [0, 0.1) is 11.3 Å². The Balaban J connectivity index is 0.834. The third-order valence-corrected chi connectivity index (χ3v) is 15.7. The van der Waals surface area contributed by atoms with Gasteiger partial charge in [0.1, 0.15) is 6.29 Å². The number of aliphatic imine (C=N–C) groups is 2. The van der Waals surface area contributed by atoms with Gasteiger partial charge in [0.05, 0.1) is 29.9 Å². The number of imide groups is 1. The number of hydrogen-bond donors (Lipinski definition) is 2. The van der Waals surface area contributed by atoms with Crippen LogP contribution in [0.5, 0.6) is 0 Å². The van der Waals surface area contributed by atoms with Crippen molar-refractivity contribution in [2.45, 2.75) is 77.3 Å². The minimum atomic E-state index is -0.395. The van der Waals surface area contributed by atoms with E-state index in [0.29, 0.717) is 69.6 Å². The fourth-order valence-corrected chi connectivity index (χ4v) is 11.1. The summed E-state index contributed by atoms with van der Waals surface area (Å²) < 4.78 is 6.50. The molecular formula is C54H73ClN10O5. The van der Waals surface area contributed by atoms with Gasteiger partial charge < -0.3 is 34.6 Å². The first-order chi connectivity index (χ1) is 34.0. The van der Waals surface area contributed by atoms with E-state index in [1.54, 1.807) is 0 Å². The molecule has 4 heterocycles. The SMILES string of the molecule is C=NC(=NC1=C(CCN(CCNC)C(=O)CC)CCN(c2cccc3cccc(Cl)c23)C1)OCC1(CN2CCN(CC3CCN(c4ccc(C=O)c(CN(C)C5CCC(=O)NC5=O)c4)CC3)CC2)CC1. The van der Waals surface area contributed by atoms with Crippen molar-refractivity contribution in [3.8, 4) is 0 Å². The standard InChI is InChI=1S/C54H73ClN10O5/c1-5-50(68)64(27-22-56-2)25-18-40-19-26-65(47-11-7-9-41-8-6-10-45(55)51(41)47)35-46(40)58-53(57-3)70-38-54(20-21-54)37-62-30-28-61(29-31-62)33-39-16-23-63(24-17-39)44-13-12-42(36-66)43(32-44)34-60(4)48-14-15-49(67)59-52(48)69/h6-13,32,36,39,48,56H,3,5,14-31,33-35,37-38H2,1-2,4H3,(H,59,67,69). The van der Waals surface area contributed by atoms with E-state index in [9.17, 15) is 19.2 Å². The van der Waals surface area contributed by atoms with Gasteiger partial charge in [0.25, 0.3) is 0 Å². The molecule has 3 saturated heterocycles. The third-order valence-electron chi connectivity index (χ3n) is 15.3. The lowest BCUT2D eigenvalue weighted by Crippen LogP contribution is -2.51. The molecule has 1 aliphatic carbocycles. The topological polar surface area (TPSA) is 146 Å². The van der Waals surface area contributed by atoms with Gasteiger partial charge in [0.15, 0.2) is 0 Å². The molecule has 0 bridgehead atoms. The molecule has 2 N–H and O–H groups in total. The largest absolute Gasteiger partial charge is 0.463 e.